The summed E-state index contributed by atoms with van der Waals surface area (Å²) < 4.78 is 0. The Kier molecular flexibility index (Phi) is 12.3. The number of amidine groups is 1. The van der Waals surface area contributed by atoms with Crippen LogP contribution in [-0.4, -0.2) is 16.9 Å². The van der Waals surface area contributed by atoms with Gasteiger partial charge in [0.1, 0.15) is 5.84 Å². The normalized spacial score (nSPS) is 14.6. The summed E-state index contributed by atoms with van der Waals surface area (Å²) in [5.41, 5.74) is 13.7. The van der Waals surface area contributed by atoms with Crippen molar-refractivity contribution >= 4 is 17.4 Å². The lowest BCUT2D eigenvalue weighted by Crippen LogP contribution is -2.52. The van der Waals surface area contributed by atoms with Gasteiger partial charge in [-0.25, -0.2) is 10.5 Å². The third kappa shape index (κ3) is 8.31. The highest BCUT2D eigenvalue weighted by atomic mass is 16.2. The van der Waals surface area contributed by atoms with E-state index in [0.29, 0.717) is 11.8 Å². The molecule has 2 aromatic rings. The van der Waals surface area contributed by atoms with Crippen LogP contribution in [0.4, 0.5) is 5.69 Å². The van der Waals surface area contributed by atoms with Crippen molar-refractivity contribution < 1.29 is 4.79 Å². The molecule has 214 valence electrons. The second-order valence-electron chi connectivity index (χ2n) is 11.5. The molecule has 1 aliphatic heterocycles. The topological polar surface area (TPSA) is 74.0 Å². The van der Waals surface area contributed by atoms with E-state index in [1.807, 2.05) is 35.4 Å². The van der Waals surface area contributed by atoms with Crippen molar-refractivity contribution in [3.8, 4) is 0 Å². The maximum Gasteiger partial charge on any atom is 0.243 e. The number of nitrogens with one attached hydrogen (secondary N) is 1. The molecule has 6 heteroatoms. The van der Waals surface area contributed by atoms with E-state index in [0.717, 1.165) is 29.9 Å². The smallest absolute Gasteiger partial charge is 0.243 e. The lowest BCUT2D eigenvalue weighted by molar-refractivity contribution is -0.124. The van der Waals surface area contributed by atoms with Crippen LogP contribution in [0.25, 0.3) is 0 Å². The van der Waals surface area contributed by atoms with Gasteiger partial charge in [-0.05, 0) is 34.9 Å². The Labute approximate surface area is 237 Å². The van der Waals surface area contributed by atoms with E-state index in [1.165, 1.54) is 68.9 Å². The molecule has 3 N–H and O–H groups in total. The summed E-state index contributed by atoms with van der Waals surface area (Å²) in [5.74, 6) is 1.14. The van der Waals surface area contributed by atoms with E-state index in [2.05, 4.69) is 63.4 Å². The minimum Gasteiger partial charge on any atom is -0.368 e. The van der Waals surface area contributed by atoms with Crippen LogP contribution in [0.2, 0.25) is 0 Å². The number of anilines is 1. The summed E-state index contributed by atoms with van der Waals surface area (Å²) in [6.45, 7) is 11.2. The van der Waals surface area contributed by atoms with Gasteiger partial charge in [0.2, 0.25) is 5.91 Å². The molecule has 0 spiro atoms. The van der Waals surface area contributed by atoms with Gasteiger partial charge in [0, 0.05) is 6.42 Å². The van der Waals surface area contributed by atoms with Gasteiger partial charge in [-0.3, -0.25) is 4.79 Å². The van der Waals surface area contributed by atoms with E-state index in [-0.39, 0.29) is 0 Å². The first-order valence-corrected chi connectivity index (χ1v) is 15.2. The van der Waals surface area contributed by atoms with Crippen molar-refractivity contribution in [1.82, 2.24) is 10.7 Å². The molecule has 1 heterocycles. The van der Waals surface area contributed by atoms with Gasteiger partial charge in [0.15, 0.2) is 6.04 Å². The Morgan fingerprint density at radius 3 is 1.85 bits per heavy atom. The molecule has 0 saturated heterocycles. The molecular formula is C33H51N5O. The molecule has 0 aromatic heterocycles. The number of nitrogens with zero attached hydrogens (tertiary/aromatic N) is 3. The largest absolute Gasteiger partial charge is 0.368 e. The van der Waals surface area contributed by atoms with Crippen molar-refractivity contribution in [2.75, 3.05) is 5.01 Å². The Hall–Kier alpha value is -2.86. The highest BCUT2D eigenvalue weighted by Crippen LogP contribution is 2.39. The third-order valence-electron chi connectivity index (χ3n) is 7.68. The van der Waals surface area contributed by atoms with Gasteiger partial charge in [0.25, 0.3) is 0 Å². The maximum absolute atomic E-state index is 12.9. The second-order valence-corrected chi connectivity index (χ2v) is 11.5. The zero-order valence-corrected chi connectivity index (χ0v) is 25.0. The van der Waals surface area contributed by atoms with Gasteiger partial charge in [-0.1, -0.05) is 146 Å². The number of hydrogen-bond acceptors (Lipinski definition) is 5. The van der Waals surface area contributed by atoms with Gasteiger partial charge in [-0.15, -0.1) is 5.10 Å². The van der Waals surface area contributed by atoms with Crippen LogP contribution in [-0.2, 0) is 4.79 Å². The lowest BCUT2D eigenvalue weighted by atomic mass is 9.92. The van der Waals surface area contributed by atoms with Crippen molar-refractivity contribution in [2.45, 2.75) is 123 Å². The molecule has 3 rings (SSSR count). The molecule has 0 aliphatic carbocycles. The van der Waals surface area contributed by atoms with Crippen LogP contribution < -0.4 is 16.3 Å². The van der Waals surface area contributed by atoms with Crippen LogP contribution in [0.15, 0.2) is 53.6 Å². The number of nitrogens with two attached hydrogens (primary N) is 1. The summed E-state index contributed by atoms with van der Waals surface area (Å²) in [6, 6.07) is 15.6. The quantitative estimate of drug-likeness (QED) is 0.200. The minimum absolute atomic E-state index is 0.309. The fourth-order valence-corrected chi connectivity index (χ4v) is 5.49. The Morgan fingerprint density at radius 2 is 1.33 bits per heavy atom. The number of benzene rings is 2. The first-order chi connectivity index (χ1) is 18.9. The van der Waals surface area contributed by atoms with Gasteiger partial charge in [-0.2, -0.15) is 0 Å². The highest BCUT2D eigenvalue weighted by Gasteiger charge is 2.39. The Bertz CT molecular complexity index is 1020. The lowest BCUT2D eigenvalue weighted by Gasteiger charge is -2.37. The van der Waals surface area contributed by atoms with Crippen LogP contribution in [0.1, 0.15) is 140 Å². The average Bonchev–Trinajstić information content (AvgIpc) is 3.32. The van der Waals surface area contributed by atoms with Crippen molar-refractivity contribution in [3.63, 3.8) is 0 Å². The number of hydrogen-bond donors (Lipinski definition) is 2. The monoisotopic (exact) mass is 533 g/mol. The molecule has 6 nitrogen and oxygen atoms in total. The Morgan fingerprint density at radius 1 is 0.795 bits per heavy atom. The molecular weight excluding hydrogens is 482 g/mol. The molecule has 39 heavy (non-hydrogen) atoms. The molecule has 1 amide bonds. The number of hydrazine groups is 2. The first kappa shape index (κ1) is 30.7. The summed E-state index contributed by atoms with van der Waals surface area (Å²) >= 11 is 0. The maximum atomic E-state index is 12.9. The number of hydrazone groups is 1. The Balaban J connectivity index is 1.82. The van der Waals surface area contributed by atoms with E-state index >= 15 is 0 Å². The number of unbranched alkanes of at least 4 members (excludes halogenated alkanes) is 9. The number of rotatable bonds is 17. The van der Waals surface area contributed by atoms with E-state index < -0.39 is 11.9 Å². The van der Waals surface area contributed by atoms with Crippen molar-refractivity contribution in [2.24, 2.45) is 10.8 Å². The predicted octanol–water partition coefficient (Wildman–Crippen LogP) is 8.33. The molecule has 1 unspecified atom stereocenters. The number of carbonyl (C=O) groups excluding carboxylic acids is 1. The van der Waals surface area contributed by atoms with Crippen LogP contribution in [0, 0.1) is 0 Å². The number of primary amides is 1. The van der Waals surface area contributed by atoms with Gasteiger partial charge < -0.3 is 5.73 Å². The molecule has 1 aliphatic rings. The van der Waals surface area contributed by atoms with Crippen LogP contribution in [0.5, 0.6) is 0 Å². The van der Waals surface area contributed by atoms with Crippen molar-refractivity contribution in [1.29, 1.82) is 0 Å². The third-order valence-corrected chi connectivity index (χ3v) is 7.68. The second kappa shape index (κ2) is 15.7. The number of amides is 1. The zero-order valence-electron chi connectivity index (χ0n) is 25.0. The molecule has 0 saturated carbocycles. The van der Waals surface area contributed by atoms with E-state index in [9.17, 15) is 4.79 Å². The number of para-hydroxylation sites is 1. The van der Waals surface area contributed by atoms with E-state index in [1.54, 1.807) is 0 Å². The van der Waals surface area contributed by atoms with Crippen LogP contribution >= 0.6 is 0 Å². The first-order valence-electron chi connectivity index (χ1n) is 15.2. The summed E-state index contributed by atoms with van der Waals surface area (Å²) in [6.07, 6.45) is 13.8. The molecule has 0 radical (unpaired) electrons. The zero-order chi connectivity index (χ0) is 28.2. The molecule has 2 aromatic carbocycles. The fourth-order valence-electron chi connectivity index (χ4n) is 5.49. The summed E-state index contributed by atoms with van der Waals surface area (Å²) in [4.78, 5) is 12.9. The summed E-state index contributed by atoms with van der Waals surface area (Å²) in [7, 11) is 0. The molecule has 1 atom stereocenters. The standard InChI is InChI=1S/C33H51N5O/c1-6-7-8-9-10-11-12-13-14-18-24-30-35-36-38(31(33(34)39)27-20-16-15-17-21-27)37(30)32-28(25(2)3)22-19-23-29(32)26(4)5/h15-17,19-23,25-26,31,36H,6-14,18,24H2,1-5H3,(H2,34,39). The number of carbonyl (C=O) groups is 1. The fraction of sp³-hybridized carbons (Fsp3) is 0.576. The SMILES string of the molecule is CCCCCCCCCCCCC1=NNN(C(C(N)=O)c2ccccc2)N1c1c(C(C)C)cccc1C(C)C. The average molecular weight is 534 g/mol. The molecule has 0 bridgehead atoms. The van der Waals surface area contributed by atoms with Crippen molar-refractivity contribution in [3.05, 3.63) is 65.2 Å². The molecule has 0 fully saturated rings. The highest BCUT2D eigenvalue weighted by molar-refractivity contribution is 6.00. The van der Waals surface area contributed by atoms with Crippen LogP contribution in [0.3, 0.4) is 0 Å². The minimum atomic E-state index is -0.694. The predicted molar refractivity (Wildman–Crippen MR) is 164 cm³/mol. The van der Waals surface area contributed by atoms with E-state index in [4.69, 9.17) is 10.8 Å². The summed E-state index contributed by atoms with van der Waals surface area (Å²) in [5, 5.41) is 8.79. The van der Waals surface area contributed by atoms with Gasteiger partial charge in [0.05, 0.1) is 5.69 Å². The van der Waals surface area contributed by atoms with Gasteiger partial charge >= 0.3 is 0 Å².